The normalized spacial score (nSPS) is 14.2. The minimum Gasteiger partial charge on any atom is -0.235 e. The molecule has 0 bridgehead atoms. The van der Waals surface area contributed by atoms with Gasteiger partial charge in [-0.25, -0.2) is 4.58 Å². The summed E-state index contributed by atoms with van der Waals surface area (Å²) in [7, 11) is 4.12. The van der Waals surface area contributed by atoms with Gasteiger partial charge in [0.05, 0.1) is 0 Å². The predicted molar refractivity (Wildman–Crippen MR) is 132 cm³/mol. The van der Waals surface area contributed by atoms with Crippen molar-refractivity contribution >= 4 is 29.1 Å². The van der Waals surface area contributed by atoms with Gasteiger partial charge < -0.3 is 0 Å². The Balaban J connectivity index is 1.56. The Labute approximate surface area is 187 Å². The van der Waals surface area contributed by atoms with Crippen molar-refractivity contribution in [1.82, 2.24) is 0 Å². The van der Waals surface area contributed by atoms with E-state index in [2.05, 4.69) is 128 Å². The summed E-state index contributed by atoms with van der Waals surface area (Å²) in [5.41, 5.74) is 6.37. The SMILES string of the molecule is C[N+](C)=C1C=CC(=CC=c2ccc(=C3c4ccccc4Sc4ccccc43)cc2)C=C1. The summed E-state index contributed by atoms with van der Waals surface area (Å²) in [6.07, 6.45) is 13.0. The van der Waals surface area contributed by atoms with Gasteiger partial charge in [0, 0.05) is 21.9 Å². The van der Waals surface area contributed by atoms with Crippen LogP contribution in [0.4, 0.5) is 0 Å². The van der Waals surface area contributed by atoms with E-state index in [1.807, 2.05) is 11.8 Å². The average Bonchev–Trinajstić information content (AvgIpc) is 2.82. The van der Waals surface area contributed by atoms with E-state index in [1.54, 1.807) is 0 Å². The largest absolute Gasteiger partial charge is 0.235 e. The fourth-order valence-electron chi connectivity index (χ4n) is 3.94. The van der Waals surface area contributed by atoms with Gasteiger partial charge in [-0.3, -0.25) is 0 Å². The number of rotatable bonds is 1. The summed E-state index contributed by atoms with van der Waals surface area (Å²) in [5.74, 6) is 0. The van der Waals surface area contributed by atoms with Crippen molar-refractivity contribution in [1.29, 1.82) is 0 Å². The molecule has 1 aliphatic carbocycles. The zero-order valence-corrected chi connectivity index (χ0v) is 18.6. The van der Waals surface area contributed by atoms with Gasteiger partial charge in [0.2, 0.25) is 0 Å². The topological polar surface area (TPSA) is 3.01 Å². The van der Waals surface area contributed by atoms with Crippen LogP contribution in [0.2, 0.25) is 0 Å². The van der Waals surface area contributed by atoms with Crippen LogP contribution in [0.3, 0.4) is 0 Å². The van der Waals surface area contributed by atoms with Crippen LogP contribution in [0.25, 0.3) is 11.6 Å². The Kier molecular flexibility index (Phi) is 5.31. The molecule has 0 saturated heterocycles. The lowest BCUT2D eigenvalue weighted by Gasteiger charge is -2.22. The van der Waals surface area contributed by atoms with Gasteiger partial charge in [-0.15, -0.1) is 0 Å². The van der Waals surface area contributed by atoms with E-state index in [4.69, 9.17) is 0 Å². The summed E-state index contributed by atoms with van der Waals surface area (Å²) in [6.45, 7) is 0. The molecule has 5 rings (SSSR count). The van der Waals surface area contributed by atoms with Gasteiger partial charge in [-0.05, 0) is 57.0 Å². The van der Waals surface area contributed by atoms with Gasteiger partial charge in [-0.2, -0.15) is 0 Å². The highest BCUT2D eigenvalue weighted by molar-refractivity contribution is 7.99. The summed E-state index contributed by atoms with van der Waals surface area (Å²) in [6, 6.07) is 26.3. The molecular formula is C29H24NS+. The van der Waals surface area contributed by atoms with Crippen LogP contribution in [0, 0.1) is 0 Å². The molecule has 0 spiro atoms. The number of fused-ring (bicyclic) bond motifs is 2. The summed E-state index contributed by atoms with van der Waals surface area (Å²) in [4.78, 5) is 2.64. The molecule has 2 aliphatic rings. The molecule has 0 amide bonds. The van der Waals surface area contributed by atoms with Crippen LogP contribution >= 0.6 is 11.8 Å². The van der Waals surface area contributed by atoms with Crippen LogP contribution in [-0.4, -0.2) is 24.4 Å². The molecule has 1 nitrogen and oxygen atoms in total. The average molecular weight is 419 g/mol. The fraction of sp³-hybridized carbons (Fsp3) is 0.0690. The van der Waals surface area contributed by atoms with Gasteiger partial charge >= 0.3 is 0 Å². The maximum absolute atomic E-state index is 2.24. The first-order valence-electron chi connectivity index (χ1n) is 10.5. The summed E-state index contributed by atoms with van der Waals surface area (Å²) < 4.78 is 2.12. The zero-order valence-electron chi connectivity index (χ0n) is 17.7. The third-order valence-electron chi connectivity index (χ3n) is 5.61. The van der Waals surface area contributed by atoms with Crippen molar-refractivity contribution in [3.63, 3.8) is 0 Å². The lowest BCUT2D eigenvalue weighted by atomic mass is 9.94. The lowest BCUT2D eigenvalue weighted by Crippen LogP contribution is -2.14. The van der Waals surface area contributed by atoms with E-state index < -0.39 is 0 Å². The van der Waals surface area contributed by atoms with E-state index >= 15 is 0 Å². The van der Waals surface area contributed by atoms with E-state index in [0.717, 1.165) is 0 Å². The Morgan fingerprint density at radius 1 is 0.645 bits per heavy atom. The van der Waals surface area contributed by atoms with Crippen LogP contribution in [0.5, 0.6) is 0 Å². The summed E-state index contributed by atoms with van der Waals surface area (Å²) in [5, 5.41) is 2.46. The molecule has 1 aliphatic heterocycles. The molecule has 0 N–H and O–H groups in total. The van der Waals surface area contributed by atoms with E-state index in [0.29, 0.717) is 0 Å². The van der Waals surface area contributed by atoms with E-state index in [-0.39, 0.29) is 0 Å². The number of benzene rings is 3. The summed E-state index contributed by atoms with van der Waals surface area (Å²) >= 11 is 1.86. The Morgan fingerprint density at radius 2 is 1.23 bits per heavy atom. The highest BCUT2D eigenvalue weighted by Crippen LogP contribution is 2.43. The highest BCUT2D eigenvalue weighted by Gasteiger charge is 2.20. The van der Waals surface area contributed by atoms with Gasteiger partial charge in [-0.1, -0.05) is 84.6 Å². The minimum atomic E-state index is 1.20. The van der Waals surface area contributed by atoms with Crippen LogP contribution in [0.1, 0.15) is 11.1 Å². The number of hydrogen-bond acceptors (Lipinski definition) is 1. The van der Waals surface area contributed by atoms with Crippen molar-refractivity contribution in [3.8, 4) is 0 Å². The number of allylic oxidation sites excluding steroid dienone is 6. The zero-order chi connectivity index (χ0) is 21.2. The Hall–Kier alpha value is -3.36. The second-order valence-corrected chi connectivity index (χ2v) is 8.99. The van der Waals surface area contributed by atoms with E-state index in [1.165, 1.54) is 48.2 Å². The third kappa shape index (κ3) is 3.99. The second-order valence-electron chi connectivity index (χ2n) is 7.91. The smallest absolute Gasteiger partial charge is 0.199 e. The van der Waals surface area contributed by atoms with E-state index in [9.17, 15) is 0 Å². The molecule has 0 radical (unpaired) electrons. The molecule has 3 aromatic carbocycles. The molecule has 31 heavy (non-hydrogen) atoms. The van der Waals surface area contributed by atoms with Crippen LogP contribution < -0.4 is 10.4 Å². The first-order valence-corrected chi connectivity index (χ1v) is 11.3. The number of hydrogen-bond donors (Lipinski definition) is 0. The lowest BCUT2D eigenvalue weighted by molar-refractivity contribution is -0.462. The molecule has 0 aromatic heterocycles. The molecule has 150 valence electrons. The van der Waals surface area contributed by atoms with Crippen molar-refractivity contribution in [2.45, 2.75) is 9.79 Å². The maximum atomic E-state index is 2.24. The standard InChI is InChI=1S/C29H24NS/c1-30(2)24-19-15-22(16-20-24)12-11-21-13-17-23(18-14-21)29-25-7-3-5-9-27(25)31-28-10-6-4-8-26(28)29/h3-20H,1-2H3/q+1. The van der Waals surface area contributed by atoms with Crippen molar-refractivity contribution in [3.05, 3.63) is 130 Å². The van der Waals surface area contributed by atoms with Crippen LogP contribution in [0.15, 0.2) is 119 Å². The van der Waals surface area contributed by atoms with Crippen molar-refractivity contribution in [2.24, 2.45) is 0 Å². The maximum Gasteiger partial charge on any atom is 0.199 e. The Bertz CT molecular complexity index is 1320. The first-order chi connectivity index (χ1) is 15.2. The first kappa shape index (κ1) is 19.6. The van der Waals surface area contributed by atoms with Crippen LogP contribution in [-0.2, 0) is 0 Å². The molecule has 0 saturated carbocycles. The molecule has 2 heteroatoms. The number of nitrogens with zero attached hydrogens (tertiary/aromatic N) is 1. The quantitative estimate of drug-likeness (QED) is 0.396. The molecule has 0 fully saturated rings. The monoisotopic (exact) mass is 418 g/mol. The highest BCUT2D eigenvalue weighted by atomic mass is 32.2. The molecular weight excluding hydrogens is 394 g/mol. The predicted octanol–water partition coefficient (Wildman–Crippen LogP) is 4.94. The Morgan fingerprint density at radius 3 is 1.81 bits per heavy atom. The van der Waals surface area contributed by atoms with Crippen molar-refractivity contribution < 1.29 is 4.58 Å². The van der Waals surface area contributed by atoms with Gasteiger partial charge in [0.15, 0.2) is 5.71 Å². The minimum absolute atomic E-state index is 1.20. The second kappa shape index (κ2) is 8.41. The fourth-order valence-corrected chi connectivity index (χ4v) is 5.03. The molecule has 0 atom stereocenters. The van der Waals surface area contributed by atoms with Crippen molar-refractivity contribution in [2.75, 3.05) is 14.1 Å². The molecule has 3 aromatic rings. The van der Waals surface area contributed by atoms with Gasteiger partial charge in [0.1, 0.15) is 14.1 Å². The third-order valence-corrected chi connectivity index (χ3v) is 6.76. The molecule has 0 unspecified atom stereocenters. The molecule has 1 heterocycles. The van der Waals surface area contributed by atoms with Gasteiger partial charge in [0.25, 0.3) is 0 Å².